The number of ether oxygens (including phenoxy) is 1. The van der Waals surface area contributed by atoms with Crippen LogP contribution in [0.1, 0.15) is 17.0 Å². The number of aliphatic hydroxyl groups excluding tert-OH is 1. The van der Waals surface area contributed by atoms with Crippen molar-refractivity contribution in [2.75, 3.05) is 32.7 Å². The molecule has 0 aliphatic carbocycles. The van der Waals surface area contributed by atoms with Crippen LogP contribution in [0.5, 0.6) is 5.75 Å². The first kappa shape index (κ1) is 22.2. The molecule has 0 amide bonds. The van der Waals surface area contributed by atoms with Crippen LogP contribution in [0, 0.1) is 0 Å². The first-order valence-electron chi connectivity index (χ1n) is 10.3. The second-order valence-electron chi connectivity index (χ2n) is 7.59. The number of aliphatic carboxylic acids is 1. The van der Waals surface area contributed by atoms with Gasteiger partial charge in [-0.15, -0.1) is 0 Å². The summed E-state index contributed by atoms with van der Waals surface area (Å²) in [4.78, 5) is 22.4. The van der Waals surface area contributed by atoms with Gasteiger partial charge in [0.2, 0.25) is 5.70 Å². The minimum Gasteiger partial charge on any atom is -0.550 e. The average molecular weight is 448 g/mol. The second kappa shape index (κ2) is 9.21. The lowest BCUT2D eigenvalue weighted by Crippen LogP contribution is -2.37. The standard InChI is InChI=1S/C23H24N6O4/c1-27(2)23-19(14-25-29(23)10-11-30)26-18-12-20(15-4-6-16(33-3)7-5-15)28-9-8-24-17(22(18)28)13-21(31)32/h4-9,12,14,30H,10-11,13H2,1-3H3. The molecule has 10 heteroatoms. The van der Waals surface area contributed by atoms with E-state index >= 15 is 0 Å². The van der Waals surface area contributed by atoms with Crippen molar-refractivity contribution in [2.45, 2.75) is 13.0 Å². The molecule has 1 aromatic carbocycles. The van der Waals surface area contributed by atoms with Crippen LogP contribution in [0.4, 0.5) is 11.5 Å². The third kappa shape index (κ3) is 4.33. The molecule has 3 aromatic rings. The van der Waals surface area contributed by atoms with Gasteiger partial charge in [0.15, 0.2) is 12.0 Å². The molecule has 10 nitrogen and oxygen atoms in total. The Bertz CT molecular complexity index is 1240. The maximum Gasteiger partial charge on any atom is 0.259 e. The Morgan fingerprint density at radius 3 is 2.70 bits per heavy atom. The molecule has 0 atom stereocenters. The van der Waals surface area contributed by atoms with Gasteiger partial charge < -0.3 is 24.6 Å². The normalized spacial score (nSPS) is 13.7. The number of rotatable bonds is 8. The molecule has 1 N–H and O–H groups in total. The summed E-state index contributed by atoms with van der Waals surface area (Å²) >= 11 is 0. The summed E-state index contributed by atoms with van der Waals surface area (Å²) in [5.74, 6) is 0.231. The molecule has 170 valence electrons. The first-order chi connectivity index (χ1) is 15.9. The van der Waals surface area contributed by atoms with E-state index in [4.69, 9.17) is 9.73 Å². The maximum absolute atomic E-state index is 11.4. The SMILES string of the molecule is COc1ccc(C2=CC(=Nc3cnn(CCO)c3N(C)C)c3c(CC(=O)[O-])ncc[n+]32)cc1. The fourth-order valence-corrected chi connectivity index (χ4v) is 3.84. The van der Waals surface area contributed by atoms with Crippen LogP contribution in [-0.4, -0.2) is 59.4 Å². The molecule has 2 aromatic heterocycles. The smallest absolute Gasteiger partial charge is 0.259 e. The Kier molecular flexibility index (Phi) is 6.18. The van der Waals surface area contributed by atoms with Crippen molar-refractivity contribution >= 4 is 28.9 Å². The van der Waals surface area contributed by atoms with Crippen LogP contribution in [0.2, 0.25) is 0 Å². The fourth-order valence-electron chi connectivity index (χ4n) is 3.84. The van der Waals surface area contributed by atoms with Gasteiger partial charge >= 0.3 is 0 Å². The highest BCUT2D eigenvalue weighted by Gasteiger charge is 2.34. The van der Waals surface area contributed by atoms with Crippen molar-refractivity contribution in [2.24, 2.45) is 4.99 Å². The highest BCUT2D eigenvalue weighted by atomic mass is 16.5. The number of aliphatic imine (C=N–C) groups is 1. The van der Waals surface area contributed by atoms with Crippen molar-refractivity contribution < 1.29 is 24.3 Å². The molecule has 1 aliphatic heterocycles. The van der Waals surface area contributed by atoms with E-state index in [1.807, 2.05) is 53.9 Å². The van der Waals surface area contributed by atoms with Crippen molar-refractivity contribution in [3.8, 4) is 5.75 Å². The molecular weight excluding hydrogens is 424 g/mol. The van der Waals surface area contributed by atoms with Crippen LogP contribution in [0.3, 0.4) is 0 Å². The summed E-state index contributed by atoms with van der Waals surface area (Å²) in [5, 5.41) is 25.1. The highest BCUT2D eigenvalue weighted by molar-refractivity contribution is 6.14. The summed E-state index contributed by atoms with van der Waals surface area (Å²) in [6.07, 6.45) is 6.50. The van der Waals surface area contributed by atoms with Crippen LogP contribution >= 0.6 is 0 Å². The maximum atomic E-state index is 11.4. The van der Waals surface area contributed by atoms with Gasteiger partial charge in [-0.05, 0) is 24.3 Å². The average Bonchev–Trinajstić information content (AvgIpc) is 3.36. The summed E-state index contributed by atoms with van der Waals surface area (Å²) < 4.78 is 8.80. The Balaban J connectivity index is 1.89. The summed E-state index contributed by atoms with van der Waals surface area (Å²) in [5.41, 5.74) is 3.80. The number of carboxylic acids is 1. The van der Waals surface area contributed by atoms with Gasteiger partial charge in [0, 0.05) is 38.1 Å². The van der Waals surface area contributed by atoms with Crippen LogP contribution in [0.15, 0.2) is 53.9 Å². The zero-order chi connectivity index (χ0) is 23.5. The minimum atomic E-state index is -1.22. The third-order valence-corrected chi connectivity index (χ3v) is 5.20. The molecule has 0 unspecified atom stereocenters. The fraction of sp³-hybridized carbons (Fsp3) is 0.261. The lowest BCUT2D eigenvalue weighted by Gasteiger charge is -2.15. The van der Waals surface area contributed by atoms with E-state index < -0.39 is 5.97 Å². The van der Waals surface area contributed by atoms with Crippen LogP contribution in [-0.2, 0) is 17.8 Å². The highest BCUT2D eigenvalue weighted by Crippen LogP contribution is 2.30. The predicted molar refractivity (Wildman–Crippen MR) is 119 cm³/mol. The van der Waals surface area contributed by atoms with Crippen molar-refractivity contribution in [1.82, 2.24) is 14.8 Å². The summed E-state index contributed by atoms with van der Waals surface area (Å²) in [6.45, 7) is 0.270. The van der Waals surface area contributed by atoms with E-state index in [-0.39, 0.29) is 13.0 Å². The second-order valence-corrected chi connectivity index (χ2v) is 7.59. The summed E-state index contributed by atoms with van der Waals surface area (Å²) in [6, 6.07) is 7.57. The van der Waals surface area contributed by atoms with Gasteiger partial charge in [-0.2, -0.15) is 9.67 Å². The first-order valence-corrected chi connectivity index (χ1v) is 10.3. The van der Waals surface area contributed by atoms with Gasteiger partial charge in [-0.3, -0.25) is 0 Å². The number of benzene rings is 1. The number of aromatic nitrogens is 4. The molecule has 0 radical (unpaired) electrons. The number of hydrogen-bond acceptors (Lipinski definition) is 8. The zero-order valence-corrected chi connectivity index (χ0v) is 18.6. The molecular formula is C23H24N6O4. The van der Waals surface area contributed by atoms with Gasteiger partial charge in [-0.1, -0.05) is 0 Å². The Labute approximate surface area is 190 Å². The number of anilines is 1. The molecule has 0 spiro atoms. The lowest BCUT2D eigenvalue weighted by atomic mass is 10.1. The third-order valence-electron chi connectivity index (χ3n) is 5.20. The van der Waals surface area contributed by atoms with E-state index in [1.165, 1.54) is 0 Å². The number of carbonyl (C=O) groups excluding carboxylic acids is 1. The number of allylic oxidation sites excluding steroid dienone is 1. The number of carbonyl (C=O) groups is 1. The number of carboxylic acid groups (broad SMARTS) is 1. The van der Waals surface area contributed by atoms with Gasteiger partial charge in [0.25, 0.3) is 5.69 Å². The van der Waals surface area contributed by atoms with Crippen LogP contribution in [0.25, 0.3) is 5.70 Å². The number of aliphatic hydroxyl groups is 1. The van der Waals surface area contributed by atoms with E-state index in [9.17, 15) is 15.0 Å². The molecule has 0 fully saturated rings. The molecule has 0 bridgehead atoms. The number of nitrogens with zero attached hydrogens (tertiary/aromatic N) is 6. The van der Waals surface area contributed by atoms with Gasteiger partial charge in [-0.25, -0.2) is 14.7 Å². The molecule has 3 heterocycles. The zero-order valence-electron chi connectivity index (χ0n) is 18.6. The van der Waals surface area contributed by atoms with E-state index in [0.717, 1.165) is 22.8 Å². The van der Waals surface area contributed by atoms with Crippen molar-refractivity contribution in [3.63, 3.8) is 0 Å². The van der Waals surface area contributed by atoms with Gasteiger partial charge in [0.1, 0.15) is 22.8 Å². The lowest BCUT2D eigenvalue weighted by molar-refractivity contribution is -0.578. The topological polar surface area (TPSA) is 120 Å². The quantitative estimate of drug-likeness (QED) is 0.480. The van der Waals surface area contributed by atoms with E-state index in [0.29, 0.717) is 29.3 Å². The Morgan fingerprint density at radius 2 is 2.06 bits per heavy atom. The molecule has 4 rings (SSSR count). The van der Waals surface area contributed by atoms with E-state index in [1.54, 1.807) is 30.4 Å². The molecule has 0 saturated heterocycles. The van der Waals surface area contributed by atoms with Crippen molar-refractivity contribution in [1.29, 1.82) is 0 Å². The van der Waals surface area contributed by atoms with E-state index in [2.05, 4.69) is 10.1 Å². The van der Waals surface area contributed by atoms with Gasteiger partial charge in [0.05, 0.1) is 32.7 Å². The Morgan fingerprint density at radius 1 is 1.30 bits per heavy atom. The molecule has 0 saturated carbocycles. The predicted octanol–water partition coefficient (Wildman–Crippen LogP) is -0.0515. The molecule has 33 heavy (non-hydrogen) atoms. The molecule has 1 aliphatic rings. The number of hydrogen-bond donors (Lipinski definition) is 1. The largest absolute Gasteiger partial charge is 0.550 e. The monoisotopic (exact) mass is 448 g/mol. The van der Waals surface area contributed by atoms with Crippen molar-refractivity contribution in [3.05, 3.63) is 65.9 Å². The summed E-state index contributed by atoms with van der Waals surface area (Å²) in [7, 11) is 5.34. The minimum absolute atomic E-state index is 0.0571. The van der Waals surface area contributed by atoms with Crippen LogP contribution < -0.4 is 19.3 Å². The number of methoxy groups -OCH3 is 1. The number of fused-ring (bicyclic) bond motifs is 1. The Hall–Kier alpha value is -4.05.